The molecule has 0 spiro atoms. The number of esters is 1. The molecule has 8 nitrogen and oxygen atoms in total. The van der Waals surface area contributed by atoms with Gasteiger partial charge in [-0.05, 0) is 48.4 Å². The van der Waals surface area contributed by atoms with E-state index in [1.807, 2.05) is 6.07 Å². The summed E-state index contributed by atoms with van der Waals surface area (Å²) in [6.45, 7) is 2.10. The van der Waals surface area contributed by atoms with Gasteiger partial charge in [0, 0.05) is 10.9 Å². The van der Waals surface area contributed by atoms with Crippen LogP contribution in [0, 0.1) is 0 Å². The van der Waals surface area contributed by atoms with Crippen molar-refractivity contribution in [2.75, 3.05) is 13.7 Å². The van der Waals surface area contributed by atoms with Crippen molar-refractivity contribution in [3.8, 4) is 11.5 Å². The summed E-state index contributed by atoms with van der Waals surface area (Å²) in [5, 5.41) is 6.56. The number of hydrazone groups is 1. The minimum atomic E-state index is -0.515. The van der Waals surface area contributed by atoms with E-state index in [1.165, 1.54) is 64.7 Å². The number of benzene rings is 2. The number of ether oxygens (including phenoxy) is 2. The first-order valence-corrected chi connectivity index (χ1v) is 15.0. The van der Waals surface area contributed by atoms with Crippen LogP contribution in [0.3, 0.4) is 0 Å². The average molecular weight is 617 g/mol. The highest BCUT2D eigenvalue weighted by atomic mass is 79.9. The van der Waals surface area contributed by atoms with Crippen LogP contribution in [0.15, 0.2) is 52.0 Å². The number of amides is 2. The van der Waals surface area contributed by atoms with E-state index < -0.39 is 11.9 Å². The summed E-state index contributed by atoms with van der Waals surface area (Å²) in [4.78, 5) is 36.5. The predicted molar refractivity (Wildman–Crippen MR) is 162 cm³/mol. The van der Waals surface area contributed by atoms with Crippen molar-refractivity contribution >= 4 is 39.9 Å². The molecule has 0 aliphatic heterocycles. The van der Waals surface area contributed by atoms with Gasteiger partial charge in [-0.1, -0.05) is 93.1 Å². The molecule has 2 aromatic carbocycles. The second kappa shape index (κ2) is 19.8. The maximum Gasteiger partial charge on any atom is 0.343 e. The lowest BCUT2D eigenvalue weighted by atomic mass is 10.1. The van der Waals surface area contributed by atoms with Gasteiger partial charge in [-0.2, -0.15) is 5.10 Å². The van der Waals surface area contributed by atoms with Crippen molar-refractivity contribution in [1.29, 1.82) is 0 Å². The normalized spacial score (nSPS) is 10.9. The Morgan fingerprint density at radius 3 is 2.17 bits per heavy atom. The zero-order chi connectivity index (χ0) is 29.0. The molecule has 2 aromatic rings. The fourth-order valence-electron chi connectivity index (χ4n) is 4.06. The van der Waals surface area contributed by atoms with Crippen molar-refractivity contribution in [2.24, 2.45) is 5.10 Å². The third kappa shape index (κ3) is 13.7. The number of nitrogens with zero attached hydrogens (tertiary/aromatic N) is 1. The van der Waals surface area contributed by atoms with Crippen LogP contribution in [0.2, 0.25) is 0 Å². The molecule has 0 radical (unpaired) electrons. The first kappa shape index (κ1) is 33.0. The van der Waals surface area contributed by atoms with Gasteiger partial charge in [-0.25, -0.2) is 10.2 Å². The number of nitrogens with one attached hydrogen (secondary N) is 2. The van der Waals surface area contributed by atoms with Crippen LogP contribution in [-0.2, 0) is 9.59 Å². The number of methoxy groups -OCH3 is 1. The molecular weight excluding hydrogens is 574 g/mol. The standard InChI is InChI=1S/C31H42BrN3O5/c1-3-4-5-6-7-8-9-10-11-12-13-17-29(36)33-23-30(37)35-34-22-24-18-19-27(28(20-24)39-2)40-31(38)25-15-14-16-26(32)21-25/h14-16,18-22H,3-13,17,23H2,1-2H3,(H,33,36)(H,35,37). The molecule has 0 aliphatic rings. The van der Waals surface area contributed by atoms with Gasteiger partial charge in [0.05, 0.1) is 25.4 Å². The van der Waals surface area contributed by atoms with Crippen molar-refractivity contribution in [3.63, 3.8) is 0 Å². The molecule has 0 heterocycles. The third-order valence-electron chi connectivity index (χ3n) is 6.31. The van der Waals surface area contributed by atoms with Gasteiger partial charge in [-0.3, -0.25) is 9.59 Å². The Hall–Kier alpha value is -3.20. The molecule has 218 valence electrons. The fourth-order valence-corrected chi connectivity index (χ4v) is 4.46. The molecule has 2 N–H and O–H groups in total. The zero-order valence-corrected chi connectivity index (χ0v) is 25.3. The van der Waals surface area contributed by atoms with Crippen molar-refractivity contribution in [3.05, 3.63) is 58.1 Å². The Morgan fingerprint density at radius 2 is 1.52 bits per heavy atom. The number of hydrogen-bond acceptors (Lipinski definition) is 6. The molecule has 0 unspecified atom stereocenters. The Labute approximate surface area is 246 Å². The largest absolute Gasteiger partial charge is 0.493 e. The van der Waals surface area contributed by atoms with Crippen LogP contribution in [0.5, 0.6) is 11.5 Å². The van der Waals surface area contributed by atoms with E-state index in [0.29, 0.717) is 23.3 Å². The Morgan fingerprint density at radius 1 is 0.850 bits per heavy atom. The molecule has 0 aromatic heterocycles. The Bertz CT molecular complexity index is 1110. The zero-order valence-electron chi connectivity index (χ0n) is 23.7. The average Bonchev–Trinajstić information content (AvgIpc) is 2.95. The second-order valence-electron chi connectivity index (χ2n) is 9.67. The SMILES string of the molecule is CCCCCCCCCCCCCC(=O)NCC(=O)NN=Cc1ccc(OC(=O)c2cccc(Br)c2)c(OC)c1. The first-order chi connectivity index (χ1) is 19.4. The topological polar surface area (TPSA) is 106 Å². The molecule has 0 saturated carbocycles. The smallest absolute Gasteiger partial charge is 0.343 e. The van der Waals surface area contributed by atoms with Crippen LogP contribution in [0.25, 0.3) is 0 Å². The number of hydrogen-bond donors (Lipinski definition) is 2. The highest BCUT2D eigenvalue weighted by Gasteiger charge is 2.13. The van der Waals surface area contributed by atoms with Crippen LogP contribution in [-0.4, -0.2) is 37.7 Å². The van der Waals surface area contributed by atoms with Crippen LogP contribution in [0.1, 0.15) is 99.9 Å². The van der Waals surface area contributed by atoms with E-state index in [4.69, 9.17) is 9.47 Å². The lowest BCUT2D eigenvalue weighted by Crippen LogP contribution is -2.34. The molecule has 0 atom stereocenters. The van der Waals surface area contributed by atoms with Gasteiger partial charge >= 0.3 is 5.97 Å². The number of halogens is 1. The monoisotopic (exact) mass is 615 g/mol. The van der Waals surface area contributed by atoms with Crippen LogP contribution in [0.4, 0.5) is 0 Å². The molecule has 0 saturated heterocycles. The summed E-state index contributed by atoms with van der Waals surface area (Å²) in [6, 6.07) is 11.8. The quantitative estimate of drug-likeness (QED) is 0.0585. The predicted octanol–water partition coefficient (Wildman–Crippen LogP) is 6.94. The molecular formula is C31H42BrN3O5. The Kier molecular flexibility index (Phi) is 16.3. The first-order valence-electron chi connectivity index (χ1n) is 14.2. The molecule has 9 heteroatoms. The number of carbonyl (C=O) groups is 3. The Balaban J connectivity index is 1.63. The van der Waals surface area contributed by atoms with Crippen LogP contribution >= 0.6 is 15.9 Å². The highest BCUT2D eigenvalue weighted by molar-refractivity contribution is 9.10. The van der Waals surface area contributed by atoms with Crippen molar-refractivity contribution in [1.82, 2.24) is 10.7 Å². The van der Waals surface area contributed by atoms with Gasteiger partial charge in [0.2, 0.25) is 5.91 Å². The molecule has 40 heavy (non-hydrogen) atoms. The number of unbranched alkanes of at least 4 members (excludes halogenated alkanes) is 10. The minimum absolute atomic E-state index is 0.132. The van der Waals surface area contributed by atoms with Crippen LogP contribution < -0.4 is 20.2 Å². The molecule has 0 fully saturated rings. The lowest BCUT2D eigenvalue weighted by Gasteiger charge is -2.10. The van der Waals surface area contributed by atoms with Crippen molar-refractivity contribution in [2.45, 2.75) is 84.0 Å². The van der Waals surface area contributed by atoms with E-state index in [-0.39, 0.29) is 18.2 Å². The van der Waals surface area contributed by atoms with E-state index in [0.717, 1.165) is 23.7 Å². The summed E-state index contributed by atoms with van der Waals surface area (Å²) in [5.41, 5.74) is 3.42. The van der Waals surface area contributed by atoms with E-state index in [9.17, 15) is 14.4 Å². The van der Waals surface area contributed by atoms with Crippen molar-refractivity contribution < 1.29 is 23.9 Å². The third-order valence-corrected chi connectivity index (χ3v) is 6.80. The fraction of sp³-hybridized carbons (Fsp3) is 0.484. The summed E-state index contributed by atoms with van der Waals surface area (Å²) in [6.07, 6.45) is 15.3. The maximum absolute atomic E-state index is 12.4. The van der Waals surface area contributed by atoms with E-state index in [2.05, 4.69) is 38.7 Å². The van der Waals surface area contributed by atoms with Gasteiger partial charge in [-0.15, -0.1) is 0 Å². The number of rotatable bonds is 19. The summed E-state index contributed by atoms with van der Waals surface area (Å²) >= 11 is 3.33. The number of carbonyl (C=O) groups excluding carboxylic acids is 3. The van der Waals surface area contributed by atoms with Gasteiger partial charge < -0.3 is 14.8 Å². The van der Waals surface area contributed by atoms with Gasteiger partial charge in [0.1, 0.15) is 0 Å². The minimum Gasteiger partial charge on any atom is -0.493 e. The maximum atomic E-state index is 12.4. The summed E-state index contributed by atoms with van der Waals surface area (Å²) in [7, 11) is 1.47. The molecule has 0 aliphatic carbocycles. The van der Waals surface area contributed by atoms with E-state index in [1.54, 1.807) is 36.4 Å². The summed E-state index contributed by atoms with van der Waals surface area (Å²) in [5.74, 6) is -0.468. The highest BCUT2D eigenvalue weighted by Crippen LogP contribution is 2.28. The summed E-state index contributed by atoms with van der Waals surface area (Å²) < 4.78 is 11.6. The van der Waals surface area contributed by atoms with Gasteiger partial charge in [0.15, 0.2) is 11.5 Å². The van der Waals surface area contributed by atoms with Gasteiger partial charge in [0.25, 0.3) is 5.91 Å². The lowest BCUT2D eigenvalue weighted by molar-refractivity contribution is -0.126. The molecule has 2 amide bonds. The second-order valence-corrected chi connectivity index (χ2v) is 10.6. The van der Waals surface area contributed by atoms with E-state index >= 15 is 0 Å². The molecule has 2 rings (SSSR count). The molecule has 0 bridgehead atoms.